The Hall–Kier alpha value is -1.29. The standard InChI is InChI=1S/C16H28N4O3.HI/c1-4-22-11-6-10-20-16(17-3)19-9-5-8-18-15(21)14-13(2)7-12-23-14;/h7,12H,4-6,8-11H2,1-3H3,(H,18,21)(H2,17,19,20);1H. The van der Waals surface area contributed by atoms with E-state index in [1.807, 2.05) is 13.8 Å². The van der Waals surface area contributed by atoms with Gasteiger partial charge in [-0.2, -0.15) is 0 Å². The van der Waals surface area contributed by atoms with E-state index in [4.69, 9.17) is 9.15 Å². The molecule has 8 heteroatoms. The molecule has 24 heavy (non-hydrogen) atoms. The van der Waals surface area contributed by atoms with Gasteiger partial charge in [0, 0.05) is 45.5 Å². The number of furan rings is 1. The summed E-state index contributed by atoms with van der Waals surface area (Å²) >= 11 is 0. The first-order valence-electron chi connectivity index (χ1n) is 8.03. The van der Waals surface area contributed by atoms with Crippen LogP contribution in [-0.4, -0.2) is 51.8 Å². The van der Waals surface area contributed by atoms with Gasteiger partial charge in [0.15, 0.2) is 11.7 Å². The van der Waals surface area contributed by atoms with Gasteiger partial charge in [0.25, 0.3) is 5.91 Å². The van der Waals surface area contributed by atoms with Crippen molar-refractivity contribution in [2.75, 3.05) is 39.9 Å². The van der Waals surface area contributed by atoms with E-state index < -0.39 is 0 Å². The fourth-order valence-electron chi connectivity index (χ4n) is 1.93. The Bertz CT molecular complexity index is 491. The summed E-state index contributed by atoms with van der Waals surface area (Å²) in [7, 11) is 1.74. The predicted octanol–water partition coefficient (Wildman–Crippen LogP) is 1.92. The Kier molecular flexibility index (Phi) is 13.3. The Morgan fingerprint density at radius 2 is 1.88 bits per heavy atom. The topological polar surface area (TPSA) is 87.9 Å². The van der Waals surface area contributed by atoms with Crippen molar-refractivity contribution in [1.29, 1.82) is 0 Å². The number of amides is 1. The Morgan fingerprint density at radius 1 is 1.21 bits per heavy atom. The van der Waals surface area contributed by atoms with Crippen molar-refractivity contribution in [2.45, 2.75) is 26.7 Å². The molecule has 0 aliphatic rings. The first kappa shape index (κ1) is 22.7. The quantitative estimate of drug-likeness (QED) is 0.219. The lowest BCUT2D eigenvalue weighted by Crippen LogP contribution is -2.39. The van der Waals surface area contributed by atoms with Crippen LogP contribution in [0.15, 0.2) is 21.7 Å². The number of ether oxygens (including phenoxy) is 1. The minimum absolute atomic E-state index is 0. The average Bonchev–Trinajstić information content (AvgIpc) is 2.98. The van der Waals surface area contributed by atoms with Gasteiger partial charge in [0.1, 0.15) is 0 Å². The molecule has 0 atom stereocenters. The van der Waals surface area contributed by atoms with E-state index in [1.165, 1.54) is 6.26 Å². The summed E-state index contributed by atoms with van der Waals surface area (Å²) in [5.41, 5.74) is 0.845. The highest BCUT2D eigenvalue weighted by Gasteiger charge is 2.11. The molecule has 0 unspecified atom stereocenters. The van der Waals surface area contributed by atoms with E-state index in [0.717, 1.165) is 50.7 Å². The van der Waals surface area contributed by atoms with Crippen LogP contribution in [0.3, 0.4) is 0 Å². The molecule has 0 spiro atoms. The van der Waals surface area contributed by atoms with E-state index in [2.05, 4.69) is 20.9 Å². The summed E-state index contributed by atoms with van der Waals surface area (Å²) in [5, 5.41) is 9.25. The molecule has 0 bridgehead atoms. The number of aryl methyl sites for hydroxylation is 1. The van der Waals surface area contributed by atoms with Crippen molar-refractivity contribution in [3.05, 3.63) is 23.7 Å². The minimum atomic E-state index is -0.175. The maximum atomic E-state index is 11.8. The van der Waals surface area contributed by atoms with Crippen molar-refractivity contribution in [2.24, 2.45) is 4.99 Å². The molecule has 7 nitrogen and oxygen atoms in total. The molecule has 0 aliphatic carbocycles. The summed E-state index contributed by atoms with van der Waals surface area (Å²) in [5.74, 6) is 0.963. The minimum Gasteiger partial charge on any atom is -0.459 e. The van der Waals surface area contributed by atoms with Crippen LogP contribution in [0.5, 0.6) is 0 Å². The number of hydrogen-bond acceptors (Lipinski definition) is 4. The Morgan fingerprint density at radius 3 is 2.46 bits per heavy atom. The van der Waals surface area contributed by atoms with E-state index in [0.29, 0.717) is 12.3 Å². The maximum Gasteiger partial charge on any atom is 0.287 e. The number of halogens is 1. The van der Waals surface area contributed by atoms with Crippen molar-refractivity contribution >= 4 is 35.8 Å². The Balaban J connectivity index is 0.00000529. The smallest absolute Gasteiger partial charge is 0.287 e. The number of carbonyl (C=O) groups excluding carboxylic acids is 1. The first-order chi connectivity index (χ1) is 11.2. The molecule has 0 aliphatic heterocycles. The van der Waals surface area contributed by atoms with Crippen molar-refractivity contribution in [1.82, 2.24) is 16.0 Å². The number of hydrogen-bond donors (Lipinski definition) is 3. The van der Waals surface area contributed by atoms with Crippen molar-refractivity contribution in [3.8, 4) is 0 Å². The van der Waals surface area contributed by atoms with Crippen molar-refractivity contribution < 1.29 is 13.9 Å². The van der Waals surface area contributed by atoms with Gasteiger partial charge in [-0.15, -0.1) is 24.0 Å². The van der Waals surface area contributed by atoms with Crippen LogP contribution in [0.25, 0.3) is 0 Å². The zero-order chi connectivity index (χ0) is 16.9. The van der Waals surface area contributed by atoms with Crippen LogP contribution in [-0.2, 0) is 4.74 Å². The summed E-state index contributed by atoms with van der Waals surface area (Å²) in [6.07, 6.45) is 3.26. The summed E-state index contributed by atoms with van der Waals surface area (Å²) in [4.78, 5) is 16.0. The molecule has 1 amide bonds. The van der Waals surface area contributed by atoms with Crippen LogP contribution in [0, 0.1) is 6.92 Å². The second-order valence-electron chi connectivity index (χ2n) is 5.02. The second kappa shape index (κ2) is 14.1. The van der Waals surface area contributed by atoms with Gasteiger partial charge in [0.2, 0.25) is 0 Å². The Labute approximate surface area is 161 Å². The van der Waals surface area contributed by atoms with Crippen LogP contribution in [0.1, 0.15) is 35.9 Å². The second-order valence-corrected chi connectivity index (χ2v) is 5.02. The summed E-state index contributed by atoms with van der Waals surface area (Å²) in [6.45, 7) is 7.44. The maximum absolute atomic E-state index is 11.8. The third kappa shape index (κ3) is 9.11. The molecular weight excluding hydrogens is 423 g/mol. The van der Waals surface area contributed by atoms with Crippen molar-refractivity contribution in [3.63, 3.8) is 0 Å². The number of guanidine groups is 1. The van der Waals surface area contributed by atoms with Crippen LogP contribution in [0.2, 0.25) is 0 Å². The van der Waals surface area contributed by atoms with Gasteiger partial charge in [-0.1, -0.05) is 0 Å². The SMILES string of the molecule is CCOCCCNC(=NC)NCCCNC(=O)c1occc1C.I. The van der Waals surface area contributed by atoms with Crippen LogP contribution >= 0.6 is 24.0 Å². The number of nitrogens with one attached hydrogen (secondary N) is 3. The van der Waals surface area contributed by atoms with Crippen LogP contribution in [0.4, 0.5) is 0 Å². The number of rotatable bonds is 10. The molecule has 0 radical (unpaired) electrons. The molecule has 1 aromatic heterocycles. The van der Waals surface area contributed by atoms with Gasteiger partial charge in [-0.05, 0) is 32.8 Å². The number of aliphatic imine (C=N–C) groups is 1. The molecule has 0 aromatic carbocycles. The highest BCUT2D eigenvalue weighted by atomic mass is 127. The number of carbonyl (C=O) groups is 1. The highest BCUT2D eigenvalue weighted by molar-refractivity contribution is 14.0. The molecular formula is C16H29IN4O3. The average molecular weight is 452 g/mol. The number of nitrogens with zero attached hydrogens (tertiary/aromatic N) is 1. The molecule has 0 fully saturated rings. The van der Waals surface area contributed by atoms with E-state index >= 15 is 0 Å². The van der Waals surface area contributed by atoms with Gasteiger partial charge in [-0.25, -0.2) is 0 Å². The third-order valence-electron chi connectivity index (χ3n) is 3.19. The zero-order valence-corrected chi connectivity index (χ0v) is 17.0. The highest BCUT2D eigenvalue weighted by Crippen LogP contribution is 2.07. The molecule has 1 rings (SSSR count). The van der Waals surface area contributed by atoms with Gasteiger partial charge < -0.3 is 25.1 Å². The lowest BCUT2D eigenvalue weighted by Gasteiger charge is -2.12. The lowest BCUT2D eigenvalue weighted by atomic mass is 10.2. The largest absolute Gasteiger partial charge is 0.459 e. The molecule has 1 aromatic rings. The molecule has 3 N–H and O–H groups in total. The predicted molar refractivity (Wildman–Crippen MR) is 106 cm³/mol. The zero-order valence-electron chi connectivity index (χ0n) is 14.7. The molecule has 1 heterocycles. The van der Waals surface area contributed by atoms with E-state index in [1.54, 1.807) is 13.1 Å². The molecule has 138 valence electrons. The van der Waals surface area contributed by atoms with Gasteiger partial charge in [0.05, 0.1) is 6.26 Å². The van der Waals surface area contributed by atoms with E-state index in [-0.39, 0.29) is 29.9 Å². The fourth-order valence-corrected chi connectivity index (χ4v) is 1.93. The summed E-state index contributed by atoms with van der Waals surface area (Å²) in [6, 6.07) is 1.78. The third-order valence-corrected chi connectivity index (χ3v) is 3.19. The lowest BCUT2D eigenvalue weighted by molar-refractivity contribution is 0.0925. The molecule has 0 saturated heterocycles. The molecule has 0 saturated carbocycles. The van der Waals surface area contributed by atoms with Crippen LogP contribution < -0.4 is 16.0 Å². The van der Waals surface area contributed by atoms with E-state index in [9.17, 15) is 4.79 Å². The van der Waals surface area contributed by atoms with Gasteiger partial charge >= 0.3 is 0 Å². The normalized spacial score (nSPS) is 10.9. The monoisotopic (exact) mass is 452 g/mol. The fraction of sp³-hybridized carbons (Fsp3) is 0.625. The first-order valence-corrected chi connectivity index (χ1v) is 8.03. The summed E-state index contributed by atoms with van der Waals surface area (Å²) < 4.78 is 10.4. The van der Waals surface area contributed by atoms with Gasteiger partial charge in [-0.3, -0.25) is 9.79 Å².